The molecule has 26 heavy (non-hydrogen) atoms. The van der Waals surface area contributed by atoms with Gasteiger partial charge in [-0.25, -0.2) is 9.59 Å². The quantitative estimate of drug-likeness (QED) is 0.655. The lowest BCUT2D eigenvalue weighted by Gasteiger charge is -2.30. The van der Waals surface area contributed by atoms with E-state index in [-0.39, 0.29) is 24.8 Å². The maximum Gasteiger partial charge on any atom is 0.408 e. The van der Waals surface area contributed by atoms with Crippen molar-refractivity contribution in [2.45, 2.75) is 51.7 Å². The summed E-state index contributed by atoms with van der Waals surface area (Å²) < 4.78 is 9.84. The van der Waals surface area contributed by atoms with E-state index in [1.54, 1.807) is 20.8 Å². The van der Waals surface area contributed by atoms with Crippen LogP contribution in [0.4, 0.5) is 4.79 Å². The second-order valence-corrected chi connectivity index (χ2v) is 7.26. The molecule has 0 aromatic heterocycles. The zero-order valence-corrected chi connectivity index (χ0v) is 16.1. The maximum atomic E-state index is 12.3. The first-order valence-electron chi connectivity index (χ1n) is 8.63. The minimum absolute atomic E-state index is 0.127. The van der Waals surface area contributed by atoms with E-state index in [0.717, 1.165) is 6.42 Å². The molecule has 1 fully saturated rings. The largest absolute Gasteiger partial charge is 0.467 e. The van der Waals surface area contributed by atoms with Crippen molar-refractivity contribution in [1.82, 2.24) is 15.5 Å². The normalized spacial score (nSPS) is 18.3. The van der Waals surface area contributed by atoms with E-state index < -0.39 is 29.6 Å². The Morgan fingerprint density at radius 2 is 2.00 bits per heavy atom. The molecule has 1 heterocycles. The van der Waals surface area contributed by atoms with E-state index in [0.29, 0.717) is 13.0 Å². The number of carbonyl (C=O) groups excluding carboxylic acids is 4. The van der Waals surface area contributed by atoms with Gasteiger partial charge in [0.05, 0.1) is 7.11 Å². The van der Waals surface area contributed by atoms with Gasteiger partial charge in [0.25, 0.3) is 0 Å². The molecule has 3 amide bonds. The molecule has 0 aromatic carbocycles. The monoisotopic (exact) mass is 371 g/mol. The van der Waals surface area contributed by atoms with E-state index in [2.05, 4.69) is 10.6 Å². The Labute approximate surface area is 153 Å². The van der Waals surface area contributed by atoms with Crippen LogP contribution in [-0.4, -0.2) is 67.7 Å². The van der Waals surface area contributed by atoms with Gasteiger partial charge in [-0.3, -0.25) is 9.59 Å². The summed E-state index contributed by atoms with van der Waals surface area (Å²) in [4.78, 5) is 49.2. The lowest BCUT2D eigenvalue weighted by atomic mass is 9.91. The predicted molar refractivity (Wildman–Crippen MR) is 93.2 cm³/mol. The number of nitrogens with zero attached hydrogens (tertiary/aromatic N) is 1. The van der Waals surface area contributed by atoms with Crippen molar-refractivity contribution >= 4 is 23.9 Å². The fourth-order valence-corrected chi connectivity index (χ4v) is 2.64. The number of esters is 1. The molecule has 1 aliphatic heterocycles. The third kappa shape index (κ3) is 6.89. The third-order valence-electron chi connectivity index (χ3n) is 4.02. The Morgan fingerprint density at radius 3 is 2.54 bits per heavy atom. The Kier molecular flexibility index (Phi) is 7.85. The molecular formula is C17H29N3O6. The number of ether oxygens (including phenoxy) is 2. The number of carbonyl (C=O) groups is 4. The summed E-state index contributed by atoms with van der Waals surface area (Å²) in [6.07, 6.45) is 0.924. The predicted octanol–water partition coefficient (Wildman–Crippen LogP) is 0.427. The number of piperidine rings is 1. The number of likely N-dealkylation sites (N-methyl/N-ethyl adjacent to an activating group) is 1. The van der Waals surface area contributed by atoms with Crippen LogP contribution in [0.5, 0.6) is 0 Å². The molecule has 0 unspecified atom stereocenters. The van der Waals surface area contributed by atoms with Crippen molar-refractivity contribution < 1.29 is 28.7 Å². The molecular weight excluding hydrogens is 342 g/mol. The number of amides is 3. The zero-order chi connectivity index (χ0) is 19.9. The molecule has 9 nitrogen and oxygen atoms in total. The highest BCUT2D eigenvalue weighted by molar-refractivity contribution is 5.88. The molecule has 1 aliphatic rings. The first kappa shape index (κ1) is 21.7. The van der Waals surface area contributed by atoms with Crippen LogP contribution < -0.4 is 10.6 Å². The van der Waals surface area contributed by atoms with Crippen LogP contribution in [0.3, 0.4) is 0 Å². The lowest BCUT2D eigenvalue weighted by Crippen LogP contribution is -2.50. The van der Waals surface area contributed by atoms with Crippen LogP contribution >= 0.6 is 0 Å². The molecule has 148 valence electrons. The van der Waals surface area contributed by atoms with Crippen molar-refractivity contribution in [1.29, 1.82) is 0 Å². The molecule has 1 saturated heterocycles. The van der Waals surface area contributed by atoms with Gasteiger partial charge in [-0.1, -0.05) is 0 Å². The van der Waals surface area contributed by atoms with Gasteiger partial charge in [0.2, 0.25) is 11.8 Å². The van der Waals surface area contributed by atoms with Crippen molar-refractivity contribution in [2.24, 2.45) is 5.92 Å². The van der Waals surface area contributed by atoms with Crippen LogP contribution in [0.2, 0.25) is 0 Å². The second kappa shape index (κ2) is 9.40. The van der Waals surface area contributed by atoms with Gasteiger partial charge >= 0.3 is 12.1 Å². The van der Waals surface area contributed by atoms with Gasteiger partial charge < -0.3 is 25.0 Å². The van der Waals surface area contributed by atoms with Crippen molar-refractivity contribution in [3.8, 4) is 0 Å². The first-order valence-corrected chi connectivity index (χ1v) is 8.63. The van der Waals surface area contributed by atoms with E-state index >= 15 is 0 Å². The summed E-state index contributed by atoms with van der Waals surface area (Å²) in [6.45, 7) is 5.43. The van der Waals surface area contributed by atoms with Gasteiger partial charge in [0.1, 0.15) is 18.2 Å². The molecule has 0 aromatic rings. The van der Waals surface area contributed by atoms with Crippen LogP contribution in [0.1, 0.15) is 40.0 Å². The standard InChI is InChI=1S/C17H29N3O6/c1-17(2,3)26-16(24)19-10-13(21)20(4)12(15(23)25-5)9-11-7-6-8-18-14(11)22/h11-12H,6-10H2,1-5H3,(H,18,22)(H,19,24)/t11-,12-/m0/s1. The van der Waals surface area contributed by atoms with Crippen LogP contribution in [0.25, 0.3) is 0 Å². The Hall–Kier alpha value is -2.32. The van der Waals surface area contributed by atoms with Crippen LogP contribution in [0, 0.1) is 5.92 Å². The van der Waals surface area contributed by atoms with E-state index in [9.17, 15) is 19.2 Å². The first-order chi connectivity index (χ1) is 12.0. The highest BCUT2D eigenvalue weighted by Crippen LogP contribution is 2.20. The van der Waals surface area contributed by atoms with Crippen LogP contribution in [0.15, 0.2) is 0 Å². The molecule has 9 heteroatoms. The fraction of sp³-hybridized carbons (Fsp3) is 0.765. The molecule has 2 atom stereocenters. The number of alkyl carbamates (subject to hydrolysis) is 1. The maximum absolute atomic E-state index is 12.3. The van der Waals surface area contributed by atoms with Gasteiger partial charge in [-0.15, -0.1) is 0 Å². The van der Waals surface area contributed by atoms with Crippen molar-refractivity contribution in [2.75, 3.05) is 27.2 Å². The van der Waals surface area contributed by atoms with Gasteiger partial charge in [0.15, 0.2) is 0 Å². The average molecular weight is 371 g/mol. The molecule has 0 aliphatic carbocycles. The zero-order valence-electron chi connectivity index (χ0n) is 16.1. The number of hydrogen-bond donors (Lipinski definition) is 2. The van der Waals surface area contributed by atoms with Gasteiger partial charge in [0, 0.05) is 19.5 Å². The number of rotatable bonds is 6. The Balaban J connectivity index is 2.68. The van der Waals surface area contributed by atoms with Crippen molar-refractivity contribution in [3.63, 3.8) is 0 Å². The average Bonchev–Trinajstić information content (AvgIpc) is 2.56. The smallest absolute Gasteiger partial charge is 0.408 e. The SMILES string of the molecule is COC(=O)[C@H](C[C@@H]1CCCNC1=O)N(C)C(=O)CNC(=O)OC(C)(C)C. The van der Waals surface area contributed by atoms with Gasteiger partial charge in [-0.05, 0) is 40.0 Å². The van der Waals surface area contributed by atoms with Gasteiger partial charge in [-0.2, -0.15) is 0 Å². The lowest BCUT2D eigenvalue weighted by molar-refractivity contribution is -0.152. The van der Waals surface area contributed by atoms with E-state index in [4.69, 9.17) is 9.47 Å². The summed E-state index contributed by atoms with van der Waals surface area (Å²) in [5.74, 6) is -1.57. The number of methoxy groups -OCH3 is 1. The third-order valence-corrected chi connectivity index (χ3v) is 4.02. The Bertz CT molecular complexity index is 543. The number of nitrogens with one attached hydrogen (secondary N) is 2. The van der Waals surface area contributed by atoms with E-state index in [1.807, 2.05) is 0 Å². The molecule has 0 radical (unpaired) electrons. The highest BCUT2D eigenvalue weighted by atomic mass is 16.6. The molecule has 1 rings (SSSR count). The van der Waals surface area contributed by atoms with Crippen LogP contribution in [-0.2, 0) is 23.9 Å². The highest BCUT2D eigenvalue weighted by Gasteiger charge is 2.34. The fourth-order valence-electron chi connectivity index (χ4n) is 2.64. The summed E-state index contributed by atoms with van der Waals surface area (Å²) in [5, 5.41) is 5.12. The molecule has 2 N–H and O–H groups in total. The second-order valence-electron chi connectivity index (χ2n) is 7.26. The van der Waals surface area contributed by atoms with E-state index in [1.165, 1.54) is 19.1 Å². The summed E-state index contributed by atoms with van der Waals surface area (Å²) >= 11 is 0. The summed E-state index contributed by atoms with van der Waals surface area (Å²) in [7, 11) is 2.68. The number of hydrogen-bond acceptors (Lipinski definition) is 6. The minimum Gasteiger partial charge on any atom is -0.467 e. The summed E-state index contributed by atoms with van der Waals surface area (Å²) in [6, 6.07) is -0.901. The van der Waals surface area contributed by atoms with Crippen molar-refractivity contribution in [3.05, 3.63) is 0 Å². The minimum atomic E-state index is -0.901. The Morgan fingerprint density at radius 1 is 1.35 bits per heavy atom. The molecule has 0 saturated carbocycles. The summed E-state index contributed by atoms with van der Waals surface area (Å²) in [5.41, 5.74) is -0.679. The molecule has 0 bridgehead atoms. The molecule has 0 spiro atoms. The topological polar surface area (TPSA) is 114 Å².